The van der Waals surface area contributed by atoms with Crippen molar-refractivity contribution in [3.63, 3.8) is 0 Å². The summed E-state index contributed by atoms with van der Waals surface area (Å²) in [4.78, 5) is 17.5. The Labute approximate surface area is 119 Å². The van der Waals surface area contributed by atoms with Gasteiger partial charge < -0.3 is 9.64 Å². The molecule has 1 saturated heterocycles. The molecule has 1 atom stereocenters. The molecule has 0 bridgehead atoms. The van der Waals surface area contributed by atoms with Gasteiger partial charge in [-0.3, -0.25) is 4.79 Å². The molecule has 1 aliphatic heterocycles. The van der Waals surface area contributed by atoms with Crippen molar-refractivity contribution in [1.29, 1.82) is 0 Å². The maximum absolute atomic E-state index is 12.0. The number of alkyl halides is 3. The van der Waals surface area contributed by atoms with E-state index in [2.05, 4.69) is 14.8 Å². The standard InChI is InChI=1S/C12H17F3N4O2/c13-12(14,15)7-21-5-3-11(20)18-4-1-2-10(6-18)19-9-16-8-17-19/h8-10H,1-7H2/t10-/m0/s1. The maximum atomic E-state index is 12.0. The maximum Gasteiger partial charge on any atom is 0.411 e. The summed E-state index contributed by atoms with van der Waals surface area (Å²) in [6, 6.07) is 0.0706. The van der Waals surface area contributed by atoms with Crippen molar-refractivity contribution >= 4 is 5.91 Å². The van der Waals surface area contributed by atoms with Crippen LogP contribution in [-0.2, 0) is 9.53 Å². The van der Waals surface area contributed by atoms with Crippen LogP contribution in [0, 0.1) is 0 Å². The van der Waals surface area contributed by atoms with E-state index in [-0.39, 0.29) is 25.0 Å². The first-order chi connectivity index (χ1) is 9.96. The lowest BCUT2D eigenvalue weighted by Gasteiger charge is -2.32. The van der Waals surface area contributed by atoms with E-state index in [1.54, 1.807) is 15.9 Å². The number of aromatic nitrogens is 3. The molecule has 21 heavy (non-hydrogen) atoms. The first kappa shape index (κ1) is 15.7. The molecule has 0 unspecified atom stereocenters. The molecule has 0 aliphatic carbocycles. The van der Waals surface area contributed by atoms with Gasteiger partial charge in [0.25, 0.3) is 0 Å². The van der Waals surface area contributed by atoms with E-state index in [1.807, 2.05) is 0 Å². The minimum atomic E-state index is -4.35. The molecule has 1 aliphatic rings. The zero-order valence-electron chi connectivity index (χ0n) is 11.4. The second kappa shape index (κ2) is 6.88. The van der Waals surface area contributed by atoms with E-state index in [1.165, 1.54) is 6.33 Å². The molecular weight excluding hydrogens is 289 g/mol. The van der Waals surface area contributed by atoms with Crippen LogP contribution < -0.4 is 0 Å². The lowest BCUT2D eigenvalue weighted by atomic mass is 10.1. The molecule has 0 spiro atoms. The Morgan fingerprint density at radius 2 is 2.24 bits per heavy atom. The summed E-state index contributed by atoms with van der Waals surface area (Å²) < 4.78 is 41.9. The molecule has 9 heteroatoms. The third-order valence-electron chi connectivity index (χ3n) is 3.29. The topological polar surface area (TPSA) is 60.2 Å². The number of hydrogen-bond acceptors (Lipinski definition) is 4. The second-order valence-corrected chi connectivity index (χ2v) is 4.93. The number of ether oxygens (including phenoxy) is 1. The smallest absolute Gasteiger partial charge is 0.372 e. The number of hydrogen-bond donors (Lipinski definition) is 0. The minimum Gasteiger partial charge on any atom is -0.372 e. The summed E-state index contributed by atoms with van der Waals surface area (Å²) in [5.41, 5.74) is 0. The van der Waals surface area contributed by atoms with E-state index in [0.717, 1.165) is 12.8 Å². The lowest BCUT2D eigenvalue weighted by Crippen LogP contribution is -2.41. The van der Waals surface area contributed by atoms with E-state index in [4.69, 9.17) is 0 Å². The van der Waals surface area contributed by atoms with Crippen molar-refractivity contribution in [3.05, 3.63) is 12.7 Å². The molecule has 1 aromatic heterocycles. The SMILES string of the molecule is O=C(CCOCC(F)(F)F)N1CCC[C@H](n2cncn2)C1. The molecule has 1 fully saturated rings. The van der Waals surface area contributed by atoms with Crippen molar-refractivity contribution in [2.45, 2.75) is 31.5 Å². The van der Waals surface area contributed by atoms with Gasteiger partial charge in [0.1, 0.15) is 19.3 Å². The first-order valence-corrected chi connectivity index (χ1v) is 6.72. The minimum absolute atomic E-state index is 0.0415. The quantitative estimate of drug-likeness (QED) is 0.772. The predicted molar refractivity (Wildman–Crippen MR) is 66.4 cm³/mol. The summed E-state index contributed by atoms with van der Waals surface area (Å²) in [6.45, 7) is -0.421. The first-order valence-electron chi connectivity index (χ1n) is 6.72. The van der Waals surface area contributed by atoms with E-state index < -0.39 is 12.8 Å². The van der Waals surface area contributed by atoms with Gasteiger partial charge in [-0.05, 0) is 12.8 Å². The summed E-state index contributed by atoms with van der Waals surface area (Å²) in [5.74, 6) is -0.193. The predicted octanol–water partition coefficient (Wildman–Crippen LogP) is 1.41. The highest BCUT2D eigenvalue weighted by Crippen LogP contribution is 2.21. The van der Waals surface area contributed by atoms with Crippen molar-refractivity contribution in [2.24, 2.45) is 0 Å². The monoisotopic (exact) mass is 306 g/mol. The number of rotatable bonds is 5. The highest BCUT2D eigenvalue weighted by atomic mass is 19.4. The van der Waals surface area contributed by atoms with Crippen molar-refractivity contribution in [1.82, 2.24) is 19.7 Å². The van der Waals surface area contributed by atoms with Crippen LogP contribution in [0.25, 0.3) is 0 Å². The number of amides is 1. The summed E-state index contributed by atoms with van der Waals surface area (Å²) in [5, 5.41) is 4.05. The zero-order chi connectivity index (χ0) is 15.3. The van der Waals surface area contributed by atoms with Crippen LogP contribution in [0.4, 0.5) is 13.2 Å². The molecule has 0 N–H and O–H groups in total. The highest BCUT2D eigenvalue weighted by molar-refractivity contribution is 5.76. The van der Waals surface area contributed by atoms with E-state index in [0.29, 0.717) is 13.1 Å². The van der Waals surface area contributed by atoms with E-state index in [9.17, 15) is 18.0 Å². The lowest BCUT2D eigenvalue weighted by molar-refractivity contribution is -0.175. The van der Waals surface area contributed by atoms with Crippen LogP contribution in [0.2, 0.25) is 0 Å². The molecule has 1 amide bonds. The number of nitrogens with zero attached hydrogens (tertiary/aromatic N) is 4. The van der Waals surface area contributed by atoms with Crippen LogP contribution in [0.1, 0.15) is 25.3 Å². The number of carbonyl (C=O) groups is 1. The van der Waals surface area contributed by atoms with Gasteiger partial charge in [-0.15, -0.1) is 0 Å². The largest absolute Gasteiger partial charge is 0.411 e. The van der Waals surface area contributed by atoms with E-state index >= 15 is 0 Å². The summed E-state index contributed by atoms with van der Waals surface area (Å²) in [6.07, 6.45) is 0.376. The molecule has 1 aromatic rings. The van der Waals surface area contributed by atoms with Gasteiger partial charge in [0.05, 0.1) is 19.1 Å². The summed E-state index contributed by atoms with van der Waals surface area (Å²) >= 11 is 0. The fourth-order valence-electron chi connectivity index (χ4n) is 2.31. The van der Waals surface area contributed by atoms with Gasteiger partial charge in [0, 0.05) is 13.1 Å². The highest BCUT2D eigenvalue weighted by Gasteiger charge is 2.28. The van der Waals surface area contributed by atoms with Crippen LogP contribution in [0.15, 0.2) is 12.7 Å². The average molecular weight is 306 g/mol. The van der Waals surface area contributed by atoms with Gasteiger partial charge in [-0.1, -0.05) is 0 Å². The molecule has 0 aromatic carbocycles. The Bertz CT molecular complexity index is 450. The molecule has 6 nitrogen and oxygen atoms in total. The average Bonchev–Trinajstić information content (AvgIpc) is 2.96. The normalized spacial score (nSPS) is 19.8. The number of halogens is 3. The molecule has 2 heterocycles. The summed E-state index contributed by atoms with van der Waals surface area (Å²) in [7, 11) is 0. The van der Waals surface area contributed by atoms with Crippen molar-refractivity contribution < 1.29 is 22.7 Å². The second-order valence-electron chi connectivity index (χ2n) is 4.93. The van der Waals surface area contributed by atoms with Crippen LogP contribution >= 0.6 is 0 Å². The van der Waals surface area contributed by atoms with Crippen molar-refractivity contribution in [3.8, 4) is 0 Å². The zero-order valence-corrected chi connectivity index (χ0v) is 11.4. The Kier molecular flexibility index (Phi) is 5.16. The molecule has 118 valence electrons. The number of piperidine rings is 1. The van der Waals surface area contributed by atoms with Crippen LogP contribution in [0.5, 0.6) is 0 Å². The number of likely N-dealkylation sites (tertiary alicyclic amines) is 1. The van der Waals surface area contributed by atoms with Crippen LogP contribution in [0.3, 0.4) is 0 Å². The van der Waals surface area contributed by atoms with Gasteiger partial charge >= 0.3 is 6.18 Å². The Morgan fingerprint density at radius 3 is 2.90 bits per heavy atom. The Balaban J connectivity index is 1.74. The van der Waals surface area contributed by atoms with Crippen molar-refractivity contribution in [2.75, 3.05) is 26.3 Å². The Hall–Kier alpha value is -1.64. The van der Waals surface area contributed by atoms with Gasteiger partial charge in [0.2, 0.25) is 5.91 Å². The van der Waals surface area contributed by atoms with Gasteiger partial charge in [0.15, 0.2) is 0 Å². The van der Waals surface area contributed by atoms with Gasteiger partial charge in [-0.2, -0.15) is 18.3 Å². The third kappa shape index (κ3) is 5.00. The molecule has 2 rings (SSSR count). The Morgan fingerprint density at radius 1 is 1.43 bits per heavy atom. The molecule has 0 saturated carbocycles. The molecular formula is C12H17F3N4O2. The van der Waals surface area contributed by atoms with Gasteiger partial charge in [-0.25, -0.2) is 9.67 Å². The molecule has 0 radical (unpaired) electrons. The number of carbonyl (C=O) groups excluding carboxylic acids is 1. The third-order valence-corrected chi connectivity index (χ3v) is 3.29. The fraction of sp³-hybridized carbons (Fsp3) is 0.750. The fourth-order valence-corrected chi connectivity index (χ4v) is 2.31. The van der Waals surface area contributed by atoms with Crippen LogP contribution in [-0.4, -0.2) is 58.1 Å².